The fourth-order valence-corrected chi connectivity index (χ4v) is 1.96. The SMILES string of the molecule is CCCC(C)C(=O)NNC(=O)c1ccc(OCC)c(OC)c1. The summed E-state index contributed by atoms with van der Waals surface area (Å²) in [5, 5.41) is 0. The van der Waals surface area contributed by atoms with E-state index in [1.54, 1.807) is 18.2 Å². The number of rotatable bonds is 7. The van der Waals surface area contributed by atoms with Gasteiger partial charge in [0, 0.05) is 11.5 Å². The molecule has 0 aliphatic rings. The first-order chi connectivity index (χ1) is 10.5. The zero-order chi connectivity index (χ0) is 16.5. The molecule has 2 N–H and O–H groups in total. The predicted octanol–water partition coefficient (Wildman–Crippen LogP) is 2.29. The van der Waals surface area contributed by atoms with Crippen molar-refractivity contribution in [3.63, 3.8) is 0 Å². The van der Waals surface area contributed by atoms with Crippen molar-refractivity contribution in [2.45, 2.75) is 33.6 Å². The van der Waals surface area contributed by atoms with Crippen LogP contribution in [0.1, 0.15) is 44.0 Å². The number of nitrogens with one attached hydrogen (secondary N) is 2. The number of hydrogen-bond donors (Lipinski definition) is 2. The maximum absolute atomic E-state index is 12.0. The van der Waals surface area contributed by atoms with E-state index in [9.17, 15) is 9.59 Å². The lowest BCUT2D eigenvalue weighted by molar-refractivity contribution is -0.125. The standard InChI is InChI=1S/C16H24N2O4/c1-5-7-11(3)15(19)17-18-16(20)12-8-9-13(22-6-2)14(10-12)21-4/h8-11H,5-7H2,1-4H3,(H,17,19)(H,18,20). The average molecular weight is 308 g/mol. The first-order valence-electron chi connectivity index (χ1n) is 7.44. The Labute approximate surface area is 131 Å². The second-order valence-corrected chi connectivity index (χ2v) is 4.93. The third-order valence-electron chi connectivity index (χ3n) is 3.19. The molecule has 0 aliphatic carbocycles. The van der Waals surface area contributed by atoms with Crippen molar-refractivity contribution in [2.24, 2.45) is 5.92 Å². The van der Waals surface area contributed by atoms with Gasteiger partial charge in [-0.15, -0.1) is 0 Å². The van der Waals surface area contributed by atoms with Crippen LogP contribution < -0.4 is 20.3 Å². The Morgan fingerprint density at radius 3 is 2.50 bits per heavy atom. The van der Waals surface area contributed by atoms with Crippen molar-refractivity contribution in [3.8, 4) is 11.5 Å². The van der Waals surface area contributed by atoms with Crippen LogP contribution in [0.4, 0.5) is 0 Å². The number of carbonyl (C=O) groups excluding carboxylic acids is 2. The third kappa shape index (κ3) is 4.95. The van der Waals surface area contributed by atoms with Crippen LogP contribution >= 0.6 is 0 Å². The van der Waals surface area contributed by atoms with E-state index in [2.05, 4.69) is 10.9 Å². The van der Waals surface area contributed by atoms with Gasteiger partial charge in [-0.3, -0.25) is 20.4 Å². The highest BCUT2D eigenvalue weighted by molar-refractivity contribution is 5.96. The number of hydrazine groups is 1. The maximum Gasteiger partial charge on any atom is 0.269 e. The lowest BCUT2D eigenvalue weighted by Crippen LogP contribution is -2.44. The maximum atomic E-state index is 12.0. The van der Waals surface area contributed by atoms with E-state index < -0.39 is 5.91 Å². The van der Waals surface area contributed by atoms with Crippen LogP contribution in [0.5, 0.6) is 11.5 Å². The smallest absolute Gasteiger partial charge is 0.269 e. The molecule has 2 amide bonds. The predicted molar refractivity (Wildman–Crippen MR) is 83.8 cm³/mol. The summed E-state index contributed by atoms with van der Waals surface area (Å²) in [6.07, 6.45) is 1.69. The molecule has 6 nitrogen and oxygen atoms in total. The highest BCUT2D eigenvalue weighted by atomic mass is 16.5. The molecule has 22 heavy (non-hydrogen) atoms. The number of amides is 2. The van der Waals surface area contributed by atoms with Crippen LogP contribution in [0.2, 0.25) is 0 Å². The third-order valence-corrected chi connectivity index (χ3v) is 3.19. The van der Waals surface area contributed by atoms with Gasteiger partial charge in [-0.2, -0.15) is 0 Å². The molecular weight excluding hydrogens is 284 g/mol. The van der Waals surface area contributed by atoms with Gasteiger partial charge in [0.25, 0.3) is 5.91 Å². The molecule has 122 valence electrons. The highest BCUT2D eigenvalue weighted by Gasteiger charge is 2.14. The van der Waals surface area contributed by atoms with Gasteiger partial charge >= 0.3 is 0 Å². The molecule has 6 heteroatoms. The Balaban J connectivity index is 2.67. The van der Waals surface area contributed by atoms with Gasteiger partial charge in [-0.1, -0.05) is 20.3 Å². The second-order valence-electron chi connectivity index (χ2n) is 4.93. The fourth-order valence-electron chi connectivity index (χ4n) is 1.96. The van der Waals surface area contributed by atoms with E-state index in [-0.39, 0.29) is 11.8 Å². The molecule has 0 saturated heterocycles. The number of methoxy groups -OCH3 is 1. The Hall–Kier alpha value is -2.24. The van der Waals surface area contributed by atoms with E-state index in [1.807, 2.05) is 20.8 Å². The summed E-state index contributed by atoms with van der Waals surface area (Å²) in [7, 11) is 1.51. The van der Waals surface area contributed by atoms with Crippen molar-refractivity contribution in [3.05, 3.63) is 23.8 Å². The minimum absolute atomic E-state index is 0.139. The number of benzene rings is 1. The molecule has 0 saturated carbocycles. The first kappa shape index (κ1) is 17.8. The van der Waals surface area contributed by atoms with Crippen molar-refractivity contribution < 1.29 is 19.1 Å². The summed E-state index contributed by atoms with van der Waals surface area (Å²) in [5.74, 6) is 0.300. The molecule has 0 bridgehead atoms. The quantitative estimate of drug-likeness (QED) is 0.758. The van der Waals surface area contributed by atoms with Crippen molar-refractivity contribution in [1.82, 2.24) is 10.9 Å². The Bertz CT molecular complexity index is 517. The molecule has 0 spiro atoms. The lowest BCUT2D eigenvalue weighted by atomic mass is 10.1. The van der Waals surface area contributed by atoms with Gasteiger partial charge in [-0.05, 0) is 31.5 Å². The highest BCUT2D eigenvalue weighted by Crippen LogP contribution is 2.27. The van der Waals surface area contributed by atoms with Crippen LogP contribution in [-0.2, 0) is 4.79 Å². The van der Waals surface area contributed by atoms with E-state index in [0.717, 1.165) is 12.8 Å². The zero-order valence-corrected chi connectivity index (χ0v) is 13.6. The molecule has 1 aromatic carbocycles. The van der Waals surface area contributed by atoms with Gasteiger partial charge in [0.15, 0.2) is 11.5 Å². The van der Waals surface area contributed by atoms with E-state index in [0.29, 0.717) is 23.7 Å². The summed E-state index contributed by atoms with van der Waals surface area (Å²) in [6.45, 7) is 6.21. The largest absolute Gasteiger partial charge is 0.493 e. The monoisotopic (exact) mass is 308 g/mol. The Morgan fingerprint density at radius 2 is 1.91 bits per heavy atom. The van der Waals surface area contributed by atoms with Crippen LogP contribution in [-0.4, -0.2) is 25.5 Å². The molecule has 0 aliphatic heterocycles. The van der Waals surface area contributed by atoms with Gasteiger partial charge in [0.2, 0.25) is 5.91 Å². The molecule has 1 aromatic rings. The molecule has 0 radical (unpaired) electrons. The molecule has 0 heterocycles. The summed E-state index contributed by atoms with van der Waals surface area (Å²) in [4.78, 5) is 23.8. The van der Waals surface area contributed by atoms with Crippen molar-refractivity contribution >= 4 is 11.8 Å². The van der Waals surface area contributed by atoms with Crippen LogP contribution in [0.15, 0.2) is 18.2 Å². The Morgan fingerprint density at radius 1 is 1.18 bits per heavy atom. The van der Waals surface area contributed by atoms with Gasteiger partial charge < -0.3 is 9.47 Å². The minimum Gasteiger partial charge on any atom is -0.493 e. The first-order valence-corrected chi connectivity index (χ1v) is 7.44. The van der Waals surface area contributed by atoms with Crippen LogP contribution in [0.25, 0.3) is 0 Å². The Kier molecular flexibility index (Phi) is 7.22. The zero-order valence-electron chi connectivity index (χ0n) is 13.6. The summed E-state index contributed by atoms with van der Waals surface area (Å²) in [5.41, 5.74) is 5.22. The van der Waals surface area contributed by atoms with E-state index >= 15 is 0 Å². The van der Waals surface area contributed by atoms with Gasteiger partial charge in [0.05, 0.1) is 13.7 Å². The van der Waals surface area contributed by atoms with Crippen molar-refractivity contribution in [2.75, 3.05) is 13.7 Å². The molecule has 0 aromatic heterocycles. The number of ether oxygens (including phenoxy) is 2. The second kappa shape index (κ2) is 8.92. The summed E-state index contributed by atoms with van der Waals surface area (Å²) < 4.78 is 10.6. The van der Waals surface area contributed by atoms with E-state index in [4.69, 9.17) is 9.47 Å². The molecule has 1 atom stereocenters. The lowest BCUT2D eigenvalue weighted by Gasteiger charge is -2.13. The van der Waals surface area contributed by atoms with Gasteiger partial charge in [-0.25, -0.2) is 0 Å². The van der Waals surface area contributed by atoms with Gasteiger partial charge in [0.1, 0.15) is 0 Å². The number of carbonyl (C=O) groups is 2. The normalized spacial score (nSPS) is 11.5. The van der Waals surface area contributed by atoms with Crippen LogP contribution in [0, 0.1) is 5.92 Å². The minimum atomic E-state index is -0.404. The summed E-state index contributed by atoms with van der Waals surface area (Å²) >= 11 is 0. The number of hydrogen-bond acceptors (Lipinski definition) is 4. The summed E-state index contributed by atoms with van der Waals surface area (Å²) in [6, 6.07) is 4.85. The van der Waals surface area contributed by atoms with Crippen LogP contribution in [0.3, 0.4) is 0 Å². The molecule has 0 fully saturated rings. The average Bonchev–Trinajstić information content (AvgIpc) is 2.53. The van der Waals surface area contributed by atoms with E-state index in [1.165, 1.54) is 7.11 Å². The molecule has 1 rings (SSSR count). The molecular formula is C16H24N2O4. The molecule has 1 unspecified atom stereocenters. The van der Waals surface area contributed by atoms with Crippen molar-refractivity contribution in [1.29, 1.82) is 0 Å². The fraction of sp³-hybridized carbons (Fsp3) is 0.500. The topological polar surface area (TPSA) is 76.7 Å².